The van der Waals surface area contributed by atoms with Crippen molar-refractivity contribution in [1.82, 2.24) is 15.1 Å². The number of nitrogens with one attached hydrogen (secondary N) is 2. The van der Waals surface area contributed by atoms with E-state index in [1.165, 1.54) is 12.1 Å². The second kappa shape index (κ2) is 7.59. The number of aromatic nitrogens is 2. The Kier molecular flexibility index (Phi) is 5.41. The van der Waals surface area contributed by atoms with Gasteiger partial charge in [0.15, 0.2) is 0 Å². The molecule has 146 valence electrons. The molecular formula is C18H22F3N5O. The molecule has 2 aromatic rings. The third-order valence-electron chi connectivity index (χ3n) is 4.62. The third-order valence-corrected chi connectivity index (χ3v) is 4.62. The Balaban J connectivity index is 1.53. The van der Waals surface area contributed by atoms with Gasteiger partial charge in [0.1, 0.15) is 0 Å². The average molecular weight is 381 g/mol. The molecule has 1 saturated heterocycles. The van der Waals surface area contributed by atoms with E-state index in [-0.39, 0.29) is 18.1 Å². The van der Waals surface area contributed by atoms with Crippen LogP contribution in [0.4, 0.5) is 24.5 Å². The Labute approximate surface area is 155 Å². The molecule has 2 N–H and O–H groups in total. The number of hydrogen-bond acceptors (Lipinski definition) is 4. The van der Waals surface area contributed by atoms with Crippen molar-refractivity contribution in [3.8, 4) is 0 Å². The van der Waals surface area contributed by atoms with Crippen LogP contribution in [-0.4, -0.2) is 53.7 Å². The van der Waals surface area contributed by atoms with E-state index in [1.54, 1.807) is 0 Å². The minimum absolute atomic E-state index is 0.146. The molecule has 0 spiro atoms. The summed E-state index contributed by atoms with van der Waals surface area (Å²) < 4.78 is 38.3. The number of halogens is 3. The molecule has 0 radical (unpaired) electrons. The number of aryl methyl sites for hydroxylation is 2. The normalized spacial score (nSPS) is 15.8. The number of benzene rings is 1. The average Bonchev–Trinajstić information content (AvgIpc) is 2.94. The van der Waals surface area contributed by atoms with E-state index in [0.29, 0.717) is 13.1 Å². The Morgan fingerprint density at radius 1 is 1.22 bits per heavy atom. The zero-order valence-corrected chi connectivity index (χ0v) is 15.2. The van der Waals surface area contributed by atoms with Crippen molar-refractivity contribution in [3.63, 3.8) is 0 Å². The quantitative estimate of drug-likeness (QED) is 0.855. The Morgan fingerprint density at radius 2 is 1.93 bits per heavy atom. The van der Waals surface area contributed by atoms with Gasteiger partial charge in [0.05, 0.1) is 29.2 Å². The number of nitrogens with zero attached hydrogens (tertiary/aromatic N) is 3. The van der Waals surface area contributed by atoms with Crippen LogP contribution in [0.1, 0.15) is 17.0 Å². The number of carbonyl (C=O) groups is 1. The molecule has 1 fully saturated rings. The van der Waals surface area contributed by atoms with Crippen molar-refractivity contribution in [2.75, 3.05) is 42.9 Å². The van der Waals surface area contributed by atoms with Crippen LogP contribution in [0.25, 0.3) is 0 Å². The first-order valence-corrected chi connectivity index (χ1v) is 8.70. The molecule has 1 amide bonds. The number of amides is 1. The van der Waals surface area contributed by atoms with Crippen molar-refractivity contribution in [1.29, 1.82) is 0 Å². The van der Waals surface area contributed by atoms with Crippen molar-refractivity contribution in [2.24, 2.45) is 0 Å². The molecule has 2 heterocycles. The van der Waals surface area contributed by atoms with Crippen molar-refractivity contribution in [2.45, 2.75) is 20.0 Å². The monoisotopic (exact) mass is 381 g/mol. The largest absolute Gasteiger partial charge is 0.416 e. The molecule has 0 saturated carbocycles. The number of aromatic amines is 1. The fourth-order valence-electron chi connectivity index (χ4n) is 3.32. The molecule has 0 atom stereocenters. The smallest absolute Gasteiger partial charge is 0.366 e. The molecule has 1 aromatic carbocycles. The lowest BCUT2D eigenvalue weighted by Crippen LogP contribution is -2.49. The second-order valence-electron chi connectivity index (χ2n) is 6.67. The first-order valence-electron chi connectivity index (χ1n) is 8.70. The number of hydrogen-bond donors (Lipinski definition) is 2. The molecule has 0 unspecified atom stereocenters. The lowest BCUT2D eigenvalue weighted by molar-refractivity contribution is -0.137. The van der Waals surface area contributed by atoms with Crippen LogP contribution in [0.2, 0.25) is 0 Å². The summed E-state index contributed by atoms with van der Waals surface area (Å²) in [4.78, 5) is 16.4. The van der Waals surface area contributed by atoms with E-state index in [9.17, 15) is 18.0 Å². The lowest BCUT2D eigenvalue weighted by Gasteiger charge is -2.35. The van der Waals surface area contributed by atoms with Crippen molar-refractivity contribution >= 4 is 17.3 Å². The molecule has 0 bridgehead atoms. The van der Waals surface area contributed by atoms with Gasteiger partial charge in [-0.2, -0.15) is 18.3 Å². The fraction of sp³-hybridized carbons (Fsp3) is 0.444. The molecule has 1 aromatic heterocycles. The van der Waals surface area contributed by atoms with E-state index in [1.807, 2.05) is 18.7 Å². The van der Waals surface area contributed by atoms with Gasteiger partial charge in [-0.1, -0.05) is 6.07 Å². The minimum Gasteiger partial charge on any atom is -0.366 e. The summed E-state index contributed by atoms with van der Waals surface area (Å²) in [6.45, 7) is 6.99. The fourth-order valence-corrected chi connectivity index (χ4v) is 3.32. The first-order chi connectivity index (χ1) is 12.7. The zero-order chi connectivity index (χ0) is 19.6. The highest BCUT2D eigenvalue weighted by molar-refractivity contribution is 5.92. The summed E-state index contributed by atoms with van der Waals surface area (Å²) in [5.41, 5.74) is 2.44. The highest BCUT2D eigenvalue weighted by atomic mass is 19.4. The van der Waals surface area contributed by atoms with Gasteiger partial charge in [-0.05, 0) is 32.0 Å². The summed E-state index contributed by atoms with van der Waals surface area (Å²) in [5.74, 6) is -0.321. The van der Waals surface area contributed by atoms with Crippen LogP contribution in [0.5, 0.6) is 0 Å². The first kappa shape index (κ1) is 19.2. The molecule has 6 nitrogen and oxygen atoms in total. The van der Waals surface area contributed by atoms with Gasteiger partial charge in [0, 0.05) is 31.9 Å². The maximum absolute atomic E-state index is 12.8. The van der Waals surface area contributed by atoms with Gasteiger partial charge in [0.25, 0.3) is 0 Å². The van der Waals surface area contributed by atoms with Crippen molar-refractivity contribution in [3.05, 3.63) is 41.2 Å². The van der Waals surface area contributed by atoms with Gasteiger partial charge in [-0.3, -0.25) is 14.8 Å². The Morgan fingerprint density at radius 3 is 2.52 bits per heavy atom. The molecular weight excluding hydrogens is 359 g/mol. The van der Waals surface area contributed by atoms with E-state index in [4.69, 9.17) is 0 Å². The highest BCUT2D eigenvalue weighted by Crippen LogP contribution is 2.30. The second-order valence-corrected chi connectivity index (χ2v) is 6.67. The number of anilines is 2. The summed E-state index contributed by atoms with van der Waals surface area (Å²) in [5, 5.41) is 9.73. The number of alkyl halides is 3. The number of rotatable bonds is 4. The lowest BCUT2D eigenvalue weighted by atomic mass is 10.2. The Hall–Kier alpha value is -2.55. The minimum atomic E-state index is -4.43. The molecule has 9 heteroatoms. The number of carbonyl (C=O) groups excluding carboxylic acids is 1. The molecule has 1 aliphatic heterocycles. The Bertz CT molecular complexity index is 790. The maximum atomic E-state index is 12.8. The van der Waals surface area contributed by atoms with E-state index in [2.05, 4.69) is 20.4 Å². The van der Waals surface area contributed by atoms with Crippen LogP contribution in [-0.2, 0) is 11.0 Å². The van der Waals surface area contributed by atoms with Gasteiger partial charge in [0.2, 0.25) is 5.91 Å². The van der Waals surface area contributed by atoms with Crippen LogP contribution in [0.15, 0.2) is 24.3 Å². The zero-order valence-electron chi connectivity index (χ0n) is 15.2. The number of piperazine rings is 1. The van der Waals surface area contributed by atoms with Crippen LogP contribution < -0.4 is 10.2 Å². The van der Waals surface area contributed by atoms with Gasteiger partial charge in [-0.25, -0.2) is 0 Å². The van der Waals surface area contributed by atoms with E-state index in [0.717, 1.165) is 42.3 Å². The third kappa shape index (κ3) is 4.60. The standard InChI is InChI=1S/C18H22F3N5O/c1-12-17(13(2)24-23-12)26-8-6-25(7-9-26)11-16(27)22-15-5-3-4-14(10-15)18(19,20)21/h3-5,10H,6-9,11H2,1-2H3,(H,22,27)(H,23,24). The predicted octanol–water partition coefficient (Wildman–Crippen LogP) is 2.81. The summed E-state index contributed by atoms with van der Waals surface area (Å²) in [7, 11) is 0. The van der Waals surface area contributed by atoms with E-state index >= 15 is 0 Å². The number of H-pyrrole nitrogens is 1. The van der Waals surface area contributed by atoms with Gasteiger partial charge < -0.3 is 10.2 Å². The van der Waals surface area contributed by atoms with Crippen LogP contribution in [0, 0.1) is 13.8 Å². The predicted molar refractivity (Wildman–Crippen MR) is 96.8 cm³/mol. The molecule has 3 rings (SSSR count). The summed E-state index contributed by atoms with van der Waals surface area (Å²) >= 11 is 0. The van der Waals surface area contributed by atoms with Crippen LogP contribution in [0.3, 0.4) is 0 Å². The molecule has 0 aliphatic carbocycles. The maximum Gasteiger partial charge on any atom is 0.416 e. The van der Waals surface area contributed by atoms with Gasteiger partial charge in [-0.15, -0.1) is 0 Å². The molecule has 1 aliphatic rings. The summed E-state index contributed by atoms with van der Waals surface area (Å²) in [6.07, 6.45) is -4.43. The van der Waals surface area contributed by atoms with Crippen LogP contribution >= 0.6 is 0 Å². The van der Waals surface area contributed by atoms with Gasteiger partial charge >= 0.3 is 6.18 Å². The SMILES string of the molecule is Cc1n[nH]c(C)c1N1CCN(CC(=O)Nc2cccc(C(F)(F)F)c2)CC1. The topological polar surface area (TPSA) is 64.3 Å². The van der Waals surface area contributed by atoms with Crippen molar-refractivity contribution < 1.29 is 18.0 Å². The highest BCUT2D eigenvalue weighted by Gasteiger charge is 2.30. The van der Waals surface area contributed by atoms with E-state index < -0.39 is 11.7 Å². The summed E-state index contributed by atoms with van der Waals surface area (Å²) in [6, 6.07) is 4.66. The molecule has 27 heavy (non-hydrogen) atoms.